The molecule has 0 heterocycles. The summed E-state index contributed by atoms with van der Waals surface area (Å²) in [5.41, 5.74) is 0. The van der Waals surface area contributed by atoms with Gasteiger partial charge in [0.25, 0.3) is 0 Å². The molecule has 0 aromatic carbocycles. The summed E-state index contributed by atoms with van der Waals surface area (Å²) >= 11 is 0. The Bertz CT molecular complexity index is 1400. The van der Waals surface area contributed by atoms with E-state index in [2.05, 4.69) is 44.2 Å². The molecule has 0 amide bonds. The lowest BCUT2D eigenvalue weighted by Crippen LogP contribution is -2.55. The van der Waals surface area contributed by atoms with Crippen LogP contribution in [-0.2, 0) is 28.6 Å². The number of hydrogen-bond donors (Lipinski definition) is 0. The van der Waals surface area contributed by atoms with E-state index in [1.54, 1.807) is 21.1 Å². The normalized spacial score (nSPS) is 14.3. The van der Waals surface area contributed by atoms with Crippen molar-refractivity contribution >= 4 is 17.9 Å². The number of allylic oxidation sites excluding steroid dienone is 22. The van der Waals surface area contributed by atoms with Crippen molar-refractivity contribution < 1.29 is 38.2 Å². The van der Waals surface area contributed by atoms with Crippen LogP contribution in [0.5, 0.6) is 0 Å². The Morgan fingerprint density at radius 2 is 0.914 bits per heavy atom. The molecule has 0 aromatic rings. The van der Waals surface area contributed by atoms with Gasteiger partial charge in [-0.25, -0.2) is 0 Å². The van der Waals surface area contributed by atoms with Crippen molar-refractivity contribution in [2.75, 3.05) is 41.0 Å². The van der Waals surface area contributed by atoms with Gasteiger partial charge in [-0.2, -0.15) is 0 Å². The van der Waals surface area contributed by atoms with Gasteiger partial charge in [-0.15, -0.1) is 0 Å². The number of aliphatic carboxylic acids is 1. The van der Waals surface area contributed by atoms with E-state index in [0.717, 1.165) is 70.6 Å². The number of nitrogens with zero attached hydrogens (tertiary/aromatic N) is 1. The third kappa shape index (κ3) is 37.1. The van der Waals surface area contributed by atoms with Gasteiger partial charge in [-0.05, 0) is 51.4 Å². The fourth-order valence-corrected chi connectivity index (χ4v) is 5.30. The molecule has 0 rings (SSSR count). The number of carbonyl (C=O) groups excluding carboxylic acids is 3. The molecule has 0 radical (unpaired) electrons. The van der Waals surface area contributed by atoms with E-state index in [9.17, 15) is 19.5 Å². The number of carboxylic acid groups (broad SMARTS) is 1. The summed E-state index contributed by atoms with van der Waals surface area (Å²) in [6.07, 6.45) is 56.1. The first-order valence-electron chi connectivity index (χ1n) is 21.4. The largest absolute Gasteiger partial charge is 0.544 e. The van der Waals surface area contributed by atoms with E-state index in [1.165, 1.54) is 0 Å². The molecule has 0 saturated carbocycles. The molecule has 8 heteroatoms. The summed E-state index contributed by atoms with van der Waals surface area (Å²) in [6, 6.07) is -0.748. The molecule has 0 saturated heterocycles. The van der Waals surface area contributed by atoms with Crippen molar-refractivity contribution in [2.24, 2.45) is 0 Å². The molecule has 2 atom stereocenters. The Morgan fingerprint density at radius 1 is 0.517 bits per heavy atom. The lowest BCUT2D eigenvalue weighted by molar-refractivity contribution is -0.889. The van der Waals surface area contributed by atoms with E-state index >= 15 is 0 Å². The first-order valence-corrected chi connectivity index (χ1v) is 21.4. The molecule has 0 fully saturated rings. The van der Waals surface area contributed by atoms with Gasteiger partial charge in [0.1, 0.15) is 12.6 Å². The molecule has 0 spiro atoms. The Kier molecular flexibility index (Phi) is 36.2. The van der Waals surface area contributed by atoms with Gasteiger partial charge in [0, 0.05) is 19.3 Å². The zero-order chi connectivity index (χ0) is 42.8. The number of carbonyl (C=O) groups is 3. The number of unbranched alkanes of at least 4 members (excludes halogenated alkanes) is 8. The van der Waals surface area contributed by atoms with Gasteiger partial charge in [-0.3, -0.25) is 9.59 Å². The fraction of sp³-hybridized carbons (Fsp3) is 0.500. The average molecular weight is 802 g/mol. The molecular formula is C50H75NO7. The van der Waals surface area contributed by atoms with Crippen LogP contribution in [-0.4, -0.2) is 75.5 Å². The van der Waals surface area contributed by atoms with Crippen LogP contribution in [0.3, 0.4) is 0 Å². The topological polar surface area (TPSA) is 102 Å². The molecular weight excluding hydrogens is 727 g/mol. The quantitative estimate of drug-likeness (QED) is 0.0272. The van der Waals surface area contributed by atoms with Gasteiger partial charge in [0.15, 0.2) is 6.10 Å². The Labute approximate surface area is 352 Å². The SMILES string of the molecule is CC/C=C/C=C/C=C/C=C/C=C/C=C/C=C/CCCCCC(=O)OC(COCCC(C(=O)[O-])[N+](C)(C)C)COC(=O)CCCCCCC/C=C/C=C/C=C/C=C/CC. The van der Waals surface area contributed by atoms with Crippen LogP contribution < -0.4 is 5.11 Å². The predicted molar refractivity (Wildman–Crippen MR) is 240 cm³/mol. The third-order valence-electron chi connectivity index (χ3n) is 8.57. The number of rotatable bonds is 35. The lowest BCUT2D eigenvalue weighted by atomic mass is 10.1. The molecule has 0 N–H and O–H groups in total. The summed E-state index contributed by atoms with van der Waals surface area (Å²) in [6.45, 7) is 4.26. The molecule has 0 bridgehead atoms. The van der Waals surface area contributed by atoms with Crippen LogP contribution in [0.2, 0.25) is 0 Å². The van der Waals surface area contributed by atoms with Crippen molar-refractivity contribution in [2.45, 2.75) is 122 Å². The van der Waals surface area contributed by atoms with E-state index in [0.29, 0.717) is 12.8 Å². The van der Waals surface area contributed by atoms with Gasteiger partial charge in [0.05, 0.1) is 40.3 Å². The Morgan fingerprint density at radius 3 is 1.36 bits per heavy atom. The second-order valence-electron chi connectivity index (χ2n) is 14.7. The summed E-state index contributed by atoms with van der Waals surface area (Å²) in [7, 11) is 5.36. The summed E-state index contributed by atoms with van der Waals surface area (Å²) in [4.78, 5) is 36.8. The van der Waals surface area contributed by atoms with Crippen molar-refractivity contribution in [3.63, 3.8) is 0 Å². The summed E-state index contributed by atoms with van der Waals surface area (Å²) in [5, 5.41) is 11.6. The van der Waals surface area contributed by atoms with E-state index in [1.807, 2.05) is 103 Å². The number of carboxylic acids is 1. The first-order chi connectivity index (χ1) is 28.1. The number of esters is 2. The van der Waals surface area contributed by atoms with Gasteiger partial charge in [-0.1, -0.05) is 173 Å². The molecule has 322 valence electrons. The number of quaternary nitrogens is 1. The van der Waals surface area contributed by atoms with Crippen LogP contribution in [0.25, 0.3) is 0 Å². The van der Waals surface area contributed by atoms with Crippen LogP contribution in [0.15, 0.2) is 134 Å². The highest BCUT2D eigenvalue weighted by Gasteiger charge is 2.25. The minimum Gasteiger partial charge on any atom is -0.544 e. The van der Waals surface area contributed by atoms with Crippen LogP contribution in [0, 0.1) is 0 Å². The lowest BCUT2D eigenvalue weighted by Gasteiger charge is -2.34. The smallest absolute Gasteiger partial charge is 0.306 e. The van der Waals surface area contributed by atoms with Crippen LogP contribution in [0.1, 0.15) is 110 Å². The molecule has 2 unspecified atom stereocenters. The fourth-order valence-electron chi connectivity index (χ4n) is 5.30. The van der Waals surface area contributed by atoms with Gasteiger partial charge < -0.3 is 28.6 Å². The van der Waals surface area contributed by atoms with Crippen LogP contribution >= 0.6 is 0 Å². The predicted octanol–water partition coefficient (Wildman–Crippen LogP) is 10.3. The zero-order valence-corrected chi connectivity index (χ0v) is 36.4. The highest BCUT2D eigenvalue weighted by Crippen LogP contribution is 2.11. The maximum absolute atomic E-state index is 12.7. The number of likely N-dealkylation sites (N-methyl/N-ethyl adjacent to an activating group) is 1. The maximum Gasteiger partial charge on any atom is 0.306 e. The molecule has 8 nitrogen and oxygen atoms in total. The first kappa shape index (κ1) is 53.5. The van der Waals surface area contributed by atoms with Gasteiger partial charge in [0.2, 0.25) is 0 Å². The molecule has 0 aliphatic carbocycles. The number of ether oxygens (including phenoxy) is 3. The highest BCUT2D eigenvalue weighted by atomic mass is 16.6. The van der Waals surface area contributed by atoms with Crippen molar-refractivity contribution in [3.05, 3.63) is 134 Å². The minimum absolute atomic E-state index is 0.00278. The zero-order valence-electron chi connectivity index (χ0n) is 36.4. The monoisotopic (exact) mass is 802 g/mol. The third-order valence-corrected chi connectivity index (χ3v) is 8.57. The summed E-state index contributed by atoms with van der Waals surface area (Å²) in [5.74, 6) is -1.85. The van der Waals surface area contributed by atoms with E-state index < -0.39 is 18.1 Å². The number of hydrogen-bond acceptors (Lipinski definition) is 7. The molecule has 0 aromatic heterocycles. The molecule has 58 heavy (non-hydrogen) atoms. The van der Waals surface area contributed by atoms with E-state index in [-0.39, 0.29) is 49.1 Å². The van der Waals surface area contributed by atoms with Crippen molar-refractivity contribution in [3.8, 4) is 0 Å². The van der Waals surface area contributed by atoms with Gasteiger partial charge >= 0.3 is 11.9 Å². The minimum atomic E-state index is -1.14. The molecule has 0 aliphatic heterocycles. The van der Waals surface area contributed by atoms with Crippen molar-refractivity contribution in [1.29, 1.82) is 0 Å². The Balaban J connectivity index is 4.56. The summed E-state index contributed by atoms with van der Waals surface area (Å²) < 4.78 is 17.1. The van der Waals surface area contributed by atoms with Crippen LogP contribution in [0.4, 0.5) is 0 Å². The highest BCUT2D eigenvalue weighted by molar-refractivity contribution is 5.70. The second kappa shape index (κ2) is 39.3. The Hall–Kier alpha value is -4.53. The maximum atomic E-state index is 12.7. The molecule has 0 aliphatic rings. The van der Waals surface area contributed by atoms with Crippen molar-refractivity contribution in [1.82, 2.24) is 0 Å². The van der Waals surface area contributed by atoms with E-state index in [4.69, 9.17) is 14.2 Å². The standard InChI is InChI=1S/C50H75NO7/c1-6-8-10-12-14-16-18-20-22-23-24-25-27-29-31-33-35-37-39-41-49(53)58-46(44-56-43-42-47(50(54)55)51(3,4)5)45-57-48(52)40-38-36-34-32-30-28-26-21-19-17-15-13-11-9-7-2/h8-27,29,31,46-47H,6-7,28,30,32-45H2,1-5H3/b10-8+,11-9+,14-12+,15-13+,18-16+,19-17+,22-20+,24-23+,26-21+,27-25+,31-29+. The average Bonchev–Trinajstić information content (AvgIpc) is 3.18. The second-order valence-corrected chi connectivity index (χ2v) is 14.7.